The van der Waals surface area contributed by atoms with Crippen molar-refractivity contribution < 1.29 is 0 Å². The smallest absolute Gasteiger partial charge is 0.267 e. The first-order chi connectivity index (χ1) is 14.7. The average Bonchev–Trinajstić information content (AvgIpc) is 3.22. The Hall–Kier alpha value is -3.35. The van der Waals surface area contributed by atoms with Gasteiger partial charge < -0.3 is 0 Å². The van der Waals surface area contributed by atoms with Crippen molar-refractivity contribution in [3.63, 3.8) is 0 Å². The highest BCUT2D eigenvalue weighted by atomic mass is 35.5. The number of halogens is 1. The van der Waals surface area contributed by atoms with Crippen LogP contribution in [0.15, 0.2) is 84.0 Å². The van der Waals surface area contributed by atoms with Crippen LogP contribution >= 0.6 is 22.9 Å². The van der Waals surface area contributed by atoms with Crippen molar-refractivity contribution in [2.75, 3.05) is 0 Å². The minimum atomic E-state index is -0.189. The second-order valence-corrected chi connectivity index (χ2v) is 8.45. The summed E-state index contributed by atoms with van der Waals surface area (Å²) in [6, 6.07) is 19.1. The molecule has 0 amide bonds. The van der Waals surface area contributed by atoms with E-state index in [1.807, 2.05) is 60.7 Å². The summed E-state index contributed by atoms with van der Waals surface area (Å²) in [6.45, 7) is 0. The van der Waals surface area contributed by atoms with Crippen LogP contribution in [0.4, 0.5) is 0 Å². The van der Waals surface area contributed by atoms with Crippen LogP contribution in [-0.4, -0.2) is 19.5 Å². The minimum Gasteiger partial charge on any atom is -0.267 e. The average molecular weight is 431 g/mol. The van der Waals surface area contributed by atoms with Crippen LogP contribution in [0.3, 0.4) is 0 Å². The third kappa shape index (κ3) is 3.51. The van der Waals surface area contributed by atoms with Gasteiger partial charge in [-0.25, -0.2) is 9.97 Å². The van der Waals surface area contributed by atoms with Gasteiger partial charge in [0.05, 0.1) is 10.0 Å². The molecule has 0 aliphatic rings. The molecule has 0 saturated carbocycles. The van der Waals surface area contributed by atoms with Crippen LogP contribution in [0, 0.1) is 0 Å². The molecule has 5 aromatic rings. The molecule has 30 heavy (non-hydrogen) atoms. The van der Waals surface area contributed by atoms with Gasteiger partial charge in [0.15, 0.2) is 5.65 Å². The van der Waals surface area contributed by atoms with Crippen LogP contribution in [0.2, 0.25) is 4.34 Å². The number of rotatable bonds is 4. The summed E-state index contributed by atoms with van der Waals surface area (Å²) in [7, 11) is 0. The van der Waals surface area contributed by atoms with Crippen molar-refractivity contribution in [1.29, 1.82) is 0 Å². The zero-order chi connectivity index (χ0) is 20.5. The number of pyridine rings is 2. The standard InChI is InChI=1S/C23H15ClN4OS/c24-21-9-8-20(30-21)16-5-1-6-17(13-16)28-22-18(7-3-11-26-22)27-19(23(28)29)12-15-4-2-10-25-14-15/h1-11,13-14H,12H2. The maximum Gasteiger partial charge on any atom is 0.278 e. The highest BCUT2D eigenvalue weighted by molar-refractivity contribution is 7.19. The molecule has 0 spiro atoms. The third-order valence-electron chi connectivity index (χ3n) is 4.74. The predicted molar refractivity (Wildman–Crippen MR) is 121 cm³/mol. The summed E-state index contributed by atoms with van der Waals surface area (Å²) >= 11 is 7.61. The number of hydrogen-bond acceptors (Lipinski definition) is 5. The van der Waals surface area contributed by atoms with Crippen LogP contribution in [0.1, 0.15) is 11.3 Å². The lowest BCUT2D eigenvalue weighted by Gasteiger charge is -2.12. The molecule has 0 unspecified atom stereocenters. The van der Waals surface area contributed by atoms with E-state index in [9.17, 15) is 4.79 Å². The Morgan fingerprint density at radius 1 is 1.00 bits per heavy atom. The van der Waals surface area contributed by atoms with E-state index in [1.54, 1.807) is 23.2 Å². The molecule has 4 heterocycles. The van der Waals surface area contributed by atoms with Crippen LogP contribution < -0.4 is 5.56 Å². The number of aromatic nitrogens is 4. The summed E-state index contributed by atoms with van der Waals surface area (Å²) in [4.78, 5) is 27.7. The number of fused-ring (bicyclic) bond motifs is 1. The van der Waals surface area contributed by atoms with Crippen LogP contribution in [0.5, 0.6) is 0 Å². The maximum atomic E-state index is 13.5. The molecule has 0 aliphatic heterocycles. The molecular weight excluding hydrogens is 416 g/mol. The quantitative estimate of drug-likeness (QED) is 0.395. The molecule has 7 heteroatoms. The van der Waals surface area contributed by atoms with Gasteiger partial charge in [0.1, 0.15) is 11.2 Å². The molecule has 5 nitrogen and oxygen atoms in total. The zero-order valence-corrected chi connectivity index (χ0v) is 17.3. The fourth-order valence-corrected chi connectivity index (χ4v) is 4.42. The Bertz CT molecular complexity index is 1410. The normalized spacial score (nSPS) is 11.1. The Balaban J connectivity index is 1.70. The summed E-state index contributed by atoms with van der Waals surface area (Å²) in [5, 5.41) is 0. The van der Waals surface area contributed by atoms with E-state index < -0.39 is 0 Å². The number of nitrogens with zero attached hydrogens (tertiary/aromatic N) is 4. The molecule has 4 aromatic heterocycles. The number of thiophene rings is 1. The van der Waals surface area contributed by atoms with Gasteiger partial charge in [0.2, 0.25) is 0 Å². The van der Waals surface area contributed by atoms with Crippen LogP contribution in [0.25, 0.3) is 27.3 Å². The van der Waals surface area contributed by atoms with Crippen molar-refractivity contribution in [2.24, 2.45) is 0 Å². The van der Waals surface area contributed by atoms with Gasteiger partial charge in [-0.3, -0.25) is 14.3 Å². The van der Waals surface area contributed by atoms with E-state index in [1.165, 1.54) is 11.3 Å². The van der Waals surface area contributed by atoms with Crippen molar-refractivity contribution in [1.82, 2.24) is 19.5 Å². The molecule has 1 aromatic carbocycles. The second-order valence-electron chi connectivity index (χ2n) is 6.74. The molecule has 0 N–H and O–H groups in total. The monoisotopic (exact) mass is 430 g/mol. The minimum absolute atomic E-state index is 0.189. The molecule has 0 fully saturated rings. The van der Waals surface area contributed by atoms with Gasteiger partial charge in [-0.05, 0) is 53.6 Å². The summed E-state index contributed by atoms with van der Waals surface area (Å²) in [5.74, 6) is 0. The Morgan fingerprint density at radius 2 is 1.90 bits per heavy atom. The summed E-state index contributed by atoms with van der Waals surface area (Å²) in [5.41, 5.74) is 4.12. The molecule has 0 bridgehead atoms. The fraction of sp³-hybridized carbons (Fsp3) is 0.0435. The van der Waals surface area contributed by atoms with Crippen molar-refractivity contribution >= 4 is 34.1 Å². The maximum absolute atomic E-state index is 13.5. The Kier molecular flexibility index (Phi) is 4.86. The zero-order valence-electron chi connectivity index (χ0n) is 15.7. The summed E-state index contributed by atoms with van der Waals surface area (Å²) in [6.07, 6.45) is 5.53. The van der Waals surface area contributed by atoms with Crippen molar-refractivity contribution in [2.45, 2.75) is 6.42 Å². The van der Waals surface area contributed by atoms with Gasteiger partial charge in [0, 0.05) is 29.9 Å². The Labute approximate surface area is 181 Å². The first-order valence-electron chi connectivity index (χ1n) is 9.31. The first-order valence-corrected chi connectivity index (χ1v) is 10.5. The third-order valence-corrected chi connectivity index (χ3v) is 6.02. The second kappa shape index (κ2) is 7.82. The lowest BCUT2D eigenvalue weighted by molar-refractivity contribution is 0.925. The highest BCUT2D eigenvalue weighted by Gasteiger charge is 2.15. The van der Waals surface area contributed by atoms with Gasteiger partial charge in [-0.15, -0.1) is 11.3 Å². The first kappa shape index (κ1) is 18.7. The Morgan fingerprint density at radius 3 is 2.70 bits per heavy atom. The molecule has 0 aliphatic carbocycles. The molecule has 5 rings (SSSR count). The van der Waals surface area contributed by atoms with Crippen LogP contribution in [-0.2, 0) is 6.42 Å². The van der Waals surface area contributed by atoms with E-state index in [2.05, 4.69) is 15.0 Å². The van der Waals surface area contributed by atoms with Crippen molar-refractivity contribution in [3.05, 3.63) is 105 Å². The van der Waals surface area contributed by atoms with Gasteiger partial charge in [0.25, 0.3) is 5.56 Å². The number of benzene rings is 1. The van der Waals surface area contributed by atoms with E-state index in [0.717, 1.165) is 26.0 Å². The van der Waals surface area contributed by atoms with Gasteiger partial charge >= 0.3 is 0 Å². The number of hydrogen-bond donors (Lipinski definition) is 0. The molecule has 0 saturated heterocycles. The highest BCUT2D eigenvalue weighted by Crippen LogP contribution is 2.32. The van der Waals surface area contributed by atoms with Crippen molar-refractivity contribution in [3.8, 4) is 16.1 Å². The summed E-state index contributed by atoms with van der Waals surface area (Å²) < 4.78 is 2.36. The van der Waals surface area contributed by atoms with E-state index in [4.69, 9.17) is 11.6 Å². The van der Waals surface area contributed by atoms with Gasteiger partial charge in [-0.2, -0.15) is 0 Å². The molecular formula is C23H15ClN4OS. The molecule has 146 valence electrons. The fourth-order valence-electron chi connectivity index (χ4n) is 3.38. The molecule has 0 radical (unpaired) electrons. The van der Waals surface area contributed by atoms with E-state index in [0.29, 0.717) is 23.3 Å². The lowest BCUT2D eigenvalue weighted by Crippen LogP contribution is -2.25. The largest absolute Gasteiger partial charge is 0.278 e. The van der Waals surface area contributed by atoms with E-state index >= 15 is 0 Å². The molecule has 0 atom stereocenters. The lowest BCUT2D eigenvalue weighted by atomic mass is 10.1. The van der Waals surface area contributed by atoms with E-state index in [-0.39, 0.29) is 5.56 Å². The predicted octanol–water partition coefficient (Wildman–Crippen LogP) is 5.15. The topological polar surface area (TPSA) is 60.7 Å². The van der Waals surface area contributed by atoms with Gasteiger partial charge in [-0.1, -0.05) is 29.8 Å². The SMILES string of the molecule is O=c1c(Cc2cccnc2)nc2cccnc2n1-c1cccc(-c2ccc(Cl)s2)c1.